The topological polar surface area (TPSA) is 58.7 Å². The van der Waals surface area contributed by atoms with Gasteiger partial charge in [0.1, 0.15) is 0 Å². The zero-order chi connectivity index (χ0) is 12.1. The van der Waals surface area contributed by atoms with Gasteiger partial charge in [-0.1, -0.05) is 6.07 Å². The lowest BCUT2D eigenvalue weighted by molar-refractivity contribution is 0.0965. The van der Waals surface area contributed by atoms with Crippen LogP contribution in [0.3, 0.4) is 0 Å². The maximum atomic E-state index is 8.64. The van der Waals surface area contributed by atoms with Crippen molar-refractivity contribution >= 4 is 11.4 Å². The molecule has 0 amide bonds. The minimum absolute atomic E-state index is 0.0868. The molecule has 17 heavy (non-hydrogen) atoms. The molecule has 4 heteroatoms. The fraction of sp³-hybridized carbons (Fsp3) is 0.538. The Morgan fingerprint density at radius 3 is 3.06 bits per heavy atom. The fourth-order valence-electron chi connectivity index (χ4n) is 2.30. The van der Waals surface area contributed by atoms with Gasteiger partial charge in [0.05, 0.1) is 19.8 Å². The Bertz CT molecular complexity index is 368. The maximum absolute atomic E-state index is 8.64. The lowest BCUT2D eigenvalue weighted by Crippen LogP contribution is -2.33. The second kappa shape index (κ2) is 5.89. The number of nitrogen functional groups attached to an aromatic ring is 1. The largest absolute Gasteiger partial charge is 0.398 e. The number of ether oxygens (including phenoxy) is 1. The van der Waals surface area contributed by atoms with Crippen molar-refractivity contribution < 1.29 is 9.84 Å². The quantitative estimate of drug-likeness (QED) is 0.592. The molecule has 0 saturated heterocycles. The molecular formula is C13H20N2O2. The summed E-state index contributed by atoms with van der Waals surface area (Å²) in [5.41, 5.74) is 9.39. The fourth-order valence-corrected chi connectivity index (χ4v) is 2.30. The molecule has 0 saturated carbocycles. The van der Waals surface area contributed by atoms with Gasteiger partial charge in [-0.3, -0.25) is 0 Å². The van der Waals surface area contributed by atoms with Gasteiger partial charge in [-0.25, -0.2) is 0 Å². The molecule has 1 heterocycles. The number of hydrogen-bond donors (Lipinski definition) is 2. The SMILES string of the molecule is Nc1cccc2c1CCCN2CCOCCO. The minimum atomic E-state index is 0.0868. The van der Waals surface area contributed by atoms with Gasteiger partial charge in [0, 0.05) is 24.5 Å². The Balaban J connectivity index is 1.99. The molecule has 0 spiro atoms. The van der Waals surface area contributed by atoms with Crippen molar-refractivity contribution in [3.63, 3.8) is 0 Å². The summed E-state index contributed by atoms with van der Waals surface area (Å²) in [6.45, 7) is 3.06. The van der Waals surface area contributed by atoms with Crippen molar-refractivity contribution in [1.29, 1.82) is 0 Å². The number of anilines is 2. The van der Waals surface area contributed by atoms with Crippen LogP contribution in [0.25, 0.3) is 0 Å². The molecule has 0 unspecified atom stereocenters. The highest BCUT2D eigenvalue weighted by molar-refractivity contribution is 5.66. The molecule has 3 N–H and O–H groups in total. The molecule has 4 nitrogen and oxygen atoms in total. The van der Waals surface area contributed by atoms with Gasteiger partial charge in [-0.05, 0) is 30.5 Å². The van der Waals surface area contributed by atoms with Crippen LogP contribution in [0.5, 0.6) is 0 Å². The number of rotatable bonds is 5. The number of benzene rings is 1. The highest BCUT2D eigenvalue weighted by Gasteiger charge is 2.17. The molecule has 0 aliphatic carbocycles. The van der Waals surface area contributed by atoms with Crippen molar-refractivity contribution in [3.05, 3.63) is 23.8 Å². The molecule has 0 fully saturated rings. The van der Waals surface area contributed by atoms with Crippen LogP contribution in [0.4, 0.5) is 11.4 Å². The smallest absolute Gasteiger partial charge is 0.0698 e. The first-order valence-corrected chi connectivity index (χ1v) is 6.14. The van der Waals surface area contributed by atoms with E-state index in [-0.39, 0.29) is 6.61 Å². The Hall–Kier alpha value is -1.26. The molecule has 0 aromatic heterocycles. The molecule has 1 aromatic carbocycles. The van der Waals surface area contributed by atoms with Crippen molar-refractivity contribution in [1.82, 2.24) is 0 Å². The van der Waals surface area contributed by atoms with E-state index in [0.717, 1.165) is 31.6 Å². The van der Waals surface area contributed by atoms with Gasteiger partial charge in [0.25, 0.3) is 0 Å². The summed E-state index contributed by atoms with van der Waals surface area (Å²) in [7, 11) is 0. The lowest BCUT2D eigenvalue weighted by Gasteiger charge is -2.31. The Labute approximate surface area is 102 Å². The van der Waals surface area contributed by atoms with Gasteiger partial charge in [-0.2, -0.15) is 0 Å². The van der Waals surface area contributed by atoms with Crippen LogP contribution in [-0.2, 0) is 11.2 Å². The molecule has 0 radical (unpaired) electrons. The first-order chi connectivity index (χ1) is 8.33. The normalized spacial score (nSPS) is 14.8. The van der Waals surface area contributed by atoms with E-state index in [2.05, 4.69) is 11.0 Å². The highest BCUT2D eigenvalue weighted by atomic mass is 16.5. The average Bonchev–Trinajstić information content (AvgIpc) is 2.36. The van der Waals surface area contributed by atoms with Gasteiger partial charge < -0.3 is 20.5 Å². The summed E-state index contributed by atoms with van der Waals surface area (Å²) in [5, 5.41) is 8.64. The van der Waals surface area contributed by atoms with Crippen LogP contribution in [0, 0.1) is 0 Å². The van der Waals surface area contributed by atoms with Crippen molar-refractivity contribution in [2.24, 2.45) is 0 Å². The van der Waals surface area contributed by atoms with Crippen LogP contribution in [0.15, 0.2) is 18.2 Å². The van der Waals surface area contributed by atoms with Crippen LogP contribution < -0.4 is 10.6 Å². The first-order valence-electron chi connectivity index (χ1n) is 6.14. The number of hydrogen-bond acceptors (Lipinski definition) is 4. The summed E-state index contributed by atoms with van der Waals surface area (Å²) < 4.78 is 5.31. The first kappa shape index (κ1) is 12.2. The van der Waals surface area contributed by atoms with Crippen molar-refractivity contribution in [2.75, 3.05) is 43.5 Å². The van der Waals surface area contributed by atoms with Gasteiger partial charge in [-0.15, -0.1) is 0 Å². The van der Waals surface area contributed by atoms with Crippen LogP contribution in [-0.4, -0.2) is 38.0 Å². The van der Waals surface area contributed by atoms with E-state index in [1.807, 2.05) is 12.1 Å². The van der Waals surface area contributed by atoms with E-state index in [1.165, 1.54) is 11.3 Å². The summed E-state index contributed by atoms with van der Waals surface area (Å²) in [5.74, 6) is 0. The number of nitrogens with zero attached hydrogens (tertiary/aromatic N) is 1. The lowest BCUT2D eigenvalue weighted by atomic mass is 10.00. The van der Waals surface area contributed by atoms with E-state index in [9.17, 15) is 0 Å². The summed E-state index contributed by atoms with van der Waals surface area (Å²) in [6, 6.07) is 6.09. The highest BCUT2D eigenvalue weighted by Crippen LogP contribution is 2.30. The number of aliphatic hydroxyl groups excluding tert-OH is 1. The Morgan fingerprint density at radius 1 is 1.35 bits per heavy atom. The van der Waals surface area contributed by atoms with Crippen molar-refractivity contribution in [2.45, 2.75) is 12.8 Å². The molecule has 2 rings (SSSR count). The van der Waals surface area contributed by atoms with Gasteiger partial charge in [0.2, 0.25) is 0 Å². The number of aliphatic hydroxyl groups is 1. The van der Waals surface area contributed by atoms with E-state index in [1.54, 1.807) is 0 Å². The van der Waals surface area contributed by atoms with Gasteiger partial charge >= 0.3 is 0 Å². The second-order valence-electron chi connectivity index (χ2n) is 4.27. The molecule has 1 aliphatic rings. The second-order valence-corrected chi connectivity index (χ2v) is 4.27. The Morgan fingerprint density at radius 2 is 2.24 bits per heavy atom. The van der Waals surface area contributed by atoms with Crippen LogP contribution in [0.2, 0.25) is 0 Å². The Kier molecular flexibility index (Phi) is 4.23. The van der Waals surface area contributed by atoms with Crippen LogP contribution >= 0.6 is 0 Å². The predicted molar refractivity (Wildman–Crippen MR) is 69.3 cm³/mol. The number of nitrogens with two attached hydrogens (primary N) is 1. The maximum Gasteiger partial charge on any atom is 0.0698 e. The molecule has 94 valence electrons. The van der Waals surface area contributed by atoms with Gasteiger partial charge in [0.15, 0.2) is 0 Å². The third-order valence-corrected chi connectivity index (χ3v) is 3.12. The summed E-state index contributed by atoms with van der Waals surface area (Å²) >= 11 is 0. The monoisotopic (exact) mass is 236 g/mol. The molecular weight excluding hydrogens is 216 g/mol. The zero-order valence-electron chi connectivity index (χ0n) is 10.1. The van der Waals surface area contributed by atoms with Crippen molar-refractivity contribution in [3.8, 4) is 0 Å². The van der Waals surface area contributed by atoms with E-state index >= 15 is 0 Å². The minimum Gasteiger partial charge on any atom is -0.398 e. The molecule has 0 atom stereocenters. The molecule has 1 aromatic rings. The average molecular weight is 236 g/mol. The summed E-state index contributed by atoms with van der Waals surface area (Å²) in [4.78, 5) is 2.31. The third-order valence-electron chi connectivity index (χ3n) is 3.12. The van der Waals surface area contributed by atoms with E-state index in [4.69, 9.17) is 15.6 Å². The number of fused-ring (bicyclic) bond motifs is 1. The molecule has 0 bridgehead atoms. The molecule has 1 aliphatic heterocycles. The standard InChI is InChI=1S/C13H20N2O2/c14-12-4-1-5-13-11(12)3-2-6-15(13)7-9-17-10-8-16/h1,4-5,16H,2-3,6-10,14H2. The third kappa shape index (κ3) is 2.90. The predicted octanol–water partition coefficient (Wildman–Crippen LogP) is 1.03. The zero-order valence-corrected chi connectivity index (χ0v) is 10.1. The van der Waals surface area contributed by atoms with Crippen LogP contribution in [0.1, 0.15) is 12.0 Å². The summed E-state index contributed by atoms with van der Waals surface area (Å²) in [6.07, 6.45) is 2.21. The van der Waals surface area contributed by atoms with E-state index < -0.39 is 0 Å². The van der Waals surface area contributed by atoms with E-state index in [0.29, 0.717) is 13.2 Å².